The molecule has 7 heteroatoms. The first-order valence-corrected chi connectivity index (χ1v) is 9.97. The first kappa shape index (κ1) is 17.5. The van der Waals surface area contributed by atoms with Crippen molar-refractivity contribution in [3.8, 4) is 11.4 Å². The number of hydrogen-bond donors (Lipinski definition) is 1. The van der Waals surface area contributed by atoms with Crippen molar-refractivity contribution < 1.29 is 17.9 Å². The van der Waals surface area contributed by atoms with Crippen LogP contribution in [-0.2, 0) is 9.84 Å². The average Bonchev–Trinajstić information content (AvgIpc) is 3.06. The van der Waals surface area contributed by atoms with Gasteiger partial charge in [0.2, 0.25) is 0 Å². The molecule has 1 saturated heterocycles. The SMILES string of the molecule is COc1cccc(-n2c(C)cc(C(=O)N[C@H]3CCS(=O)(=O)C3)c2C)c1. The highest BCUT2D eigenvalue weighted by atomic mass is 32.2. The Balaban J connectivity index is 1.87. The second-order valence-electron chi connectivity index (χ2n) is 6.40. The molecular formula is C18H22N2O4S. The van der Waals surface area contributed by atoms with Crippen LogP contribution in [0.2, 0.25) is 0 Å². The summed E-state index contributed by atoms with van der Waals surface area (Å²) < 4.78 is 30.4. The summed E-state index contributed by atoms with van der Waals surface area (Å²) in [4.78, 5) is 12.6. The number of nitrogens with one attached hydrogen (secondary N) is 1. The van der Waals surface area contributed by atoms with E-state index < -0.39 is 9.84 Å². The first-order chi connectivity index (χ1) is 11.8. The topological polar surface area (TPSA) is 77.4 Å². The number of hydrogen-bond acceptors (Lipinski definition) is 4. The van der Waals surface area contributed by atoms with Crippen LogP contribution >= 0.6 is 0 Å². The van der Waals surface area contributed by atoms with E-state index in [1.165, 1.54) is 0 Å². The Hall–Kier alpha value is -2.28. The lowest BCUT2D eigenvalue weighted by atomic mass is 10.2. The lowest BCUT2D eigenvalue weighted by Crippen LogP contribution is -2.35. The summed E-state index contributed by atoms with van der Waals surface area (Å²) in [6, 6.07) is 9.14. The molecule has 1 amide bonds. The van der Waals surface area contributed by atoms with E-state index in [2.05, 4.69) is 5.32 Å². The summed E-state index contributed by atoms with van der Waals surface area (Å²) in [5.74, 6) is 0.672. The van der Waals surface area contributed by atoms with Crippen molar-refractivity contribution in [2.24, 2.45) is 0 Å². The Morgan fingerprint density at radius 2 is 2.04 bits per heavy atom. The Morgan fingerprint density at radius 3 is 2.68 bits per heavy atom. The Morgan fingerprint density at radius 1 is 1.28 bits per heavy atom. The van der Waals surface area contributed by atoms with Crippen LogP contribution in [0.5, 0.6) is 5.75 Å². The molecule has 1 aromatic carbocycles. The smallest absolute Gasteiger partial charge is 0.253 e. The number of aromatic nitrogens is 1. The maximum absolute atomic E-state index is 12.6. The normalized spacial score (nSPS) is 18.9. The summed E-state index contributed by atoms with van der Waals surface area (Å²) in [6.45, 7) is 3.82. The van der Waals surface area contributed by atoms with Gasteiger partial charge in [0.15, 0.2) is 9.84 Å². The monoisotopic (exact) mass is 362 g/mol. The fourth-order valence-electron chi connectivity index (χ4n) is 3.31. The molecule has 3 rings (SSSR count). The van der Waals surface area contributed by atoms with Gasteiger partial charge in [0, 0.05) is 29.2 Å². The van der Waals surface area contributed by atoms with Gasteiger partial charge in [-0.1, -0.05) is 6.07 Å². The number of amides is 1. The number of sulfone groups is 1. The van der Waals surface area contributed by atoms with Gasteiger partial charge >= 0.3 is 0 Å². The molecule has 6 nitrogen and oxygen atoms in total. The predicted molar refractivity (Wildman–Crippen MR) is 96.3 cm³/mol. The highest BCUT2D eigenvalue weighted by molar-refractivity contribution is 7.91. The molecule has 1 aromatic heterocycles. The molecule has 0 radical (unpaired) electrons. The minimum atomic E-state index is -3.02. The lowest BCUT2D eigenvalue weighted by Gasteiger charge is -2.13. The molecule has 1 N–H and O–H groups in total. The van der Waals surface area contributed by atoms with Crippen LogP contribution in [0.15, 0.2) is 30.3 Å². The number of methoxy groups -OCH3 is 1. The number of ether oxygens (including phenoxy) is 1. The van der Waals surface area contributed by atoms with Crippen molar-refractivity contribution in [2.45, 2.75) is 26.3 Å². The van der Waals surface area contributed by atoms with Crippen LogP contribution in [0.4, 0.5) is 0 Å². The summed E-state index contributed by atoms with van der Waals surface area (Å²) in [5, 5.41) is 2.85. The highest BCUT2D eigenvalue weighted by Crippen LogP contribution is 2.24. The van der Waals surface area contributed by atoms with E-state index >= 15 is 0 Å². The number of carbonyl (C=O) groups excluding carboxylic acids is 1. The molecule has 1 fully saturated rings. The van der Waals surface area contributed by atoms with E-state index in [4.69, 9.17) is 4.74 Å². The van der Waals surface area contributed by atoms with Gasteiger partial charge in [0.25, 0.3) is 5.91 Å². The van der Waals surface area contributed by atoms with Gasteiger partial charge in [0.05, 0.1) is 24.2 Å². The fourth-order valence-corrected chi connectivity index (χ4v) is 4.98. The quantitative estimate of drug-likeness (QED) is 0.903. The standard InChI is InChI=1S/C18H22N2O4S/c1-12-9-17(18(21)19-14-7-8-25(22,23)11-14)13(2)20(12)15-5-4-6-16(10-15)24-3/h4-6,9-10,14H,7-8,11H2,1-3H3,(H,19,21)/t14-/m0/s1. The molecular weight excluding hydrogens is 340 g/mol. The zero-order valence-electron chi connectivity index (χ0n) is 14.6. The zero-order valence-corrected chi connectivity index (χ0v) is 15.4. The van der Waals surface area contributed by atoms with Crippen LogP contribution in [0, 0.1) is 13.8 Å². The van der Waals surface area contributed by atoms with E-state index in [9.17, 15) is 13.2 Å². The van der Waals surface area contributed by atoms with Gasteiger partial charge in [-0.25, -0.2) is 8.42 Å². The van der Waals surface area contributed by atoms with E-state index in [0.29, 0.717) is 12.0 Å². The average molecular weight is 362 g/mol. The minimum Gasteiger partial charge on any atom is -0.497 e. The Bertz CT molecular complexity index is 915. The van der Waals surface area contributed by atoms with Gasteiger partial charge in [-0.15, -0.1) is 0 Å². The van der Waals surface area contributed by atoms with Gasteiger partial charge in [-0.05, 0) is 38.5 Å². The predicted octanol–water partition coefficient (Wildman–Crippen LogP) is 2.02. The van der Waals surface area contributed by atoms with Gasteiger partial charge in [-0.3, -0.25) is 4.79 Å². The zero-order chi connectivity index (χ0) is 18.2. The largest absolute Gasteiger partial charge is 0.497 e. The molecule has 1 aliphatic rings. The number of benzene rings is 1. The number of nitrogens with zero attached hydrogens (tertiary/aromatic N) is 1. The number of carbonyl (C=O) groups is 1. The second-order valence-corrected chi connectivity index (χ2v) is 8.62. The highest BCUT2D eigenvalue weighted by Gasteiger charge is 2.30. The number of rotatable bonds is 4. The third kappa shape index (κ3) is 3.56. The molecule has 2 aromatic rings. The molecule has 2 heterocycles. The summed E-state index contributed by atoms with van der Waals surface area (Å²) >= 11 is 0. The van der Waals surface area contributed by atoms with Crippen LogP contribution < -0.4 is 10.1 Å². The van der Waals surface area contributed by atoms with Crippen molar-refractivity contribution in [1.82, 2.24) is 9.88 Å². The van der Waals surface area contributed by atoms with Crippen LogP contribution in [0.25, 0.3) is 5.69 Å². The van der Waals surface area contributed by atoms with Crippen LogP contribution in [0.3, 0.4) is 0 Å². The lowest BCUT2D eigenvalue weighted by molar-refractivity contribution is 0.0940. The molecule has 0 saturated carbocycles. The summed E-state index contributed by atoms with van der Waals surface area (Å²) in [5.41, 5.74) is 3.21. The fraction of sp³-hybridized carbons (Fsp3) is 0.389. The maximum atomic E-state index is 12.6. The van der Waals surface area contributed by atoms with E-state index in [-0.39, 0.29) is 23.5 Å². The molecule has 25 heavy (non-hydrogen) atoms. The van der Waals surface area contributed by atoms with E-state index in [1.807, 2.05) is 48.7 Å². The molecule has 0 aliphatic carbocycles. The summed E-state index contributed by atoms with van der Waals surface area (Å²) in [7, 11) is -1.41. The van der Waals surface area contributed by atoms with Crippen molar-refractivity contribution in [1.29, 1.82) is 0 Å². The Kier molecular flexibility index (Phi) is 4.60. The van der Waals surface area contributed by atoms with E-state index in [0.717, 1.165) is 22.8 Å². The molecule has 1 atom stereocenters. The van der Waals surface area contributed by atoms with Crippen molar-refractivity contribution in [3.05, 3.63) is 47.3 Å². The third-order valence-corrected chi connectivity index (χ3v) is 6.32. The molecule has 0 spiro atoms. The molecule has 134 valence electrons. The first-order valence-electron chi connectivity index (χ1n) is 8.15. The molecule has 0 bridgehead atoms. The van der Waals surface area contributed by atoms with Gasteiger partial charge in [0.1, 0.15) is 5.75 Å². The molecule has 0 unspecified atom stereocenters. The second kappa shape index (κ2) is 6.55. The third-order valence-electron chi connectivity index (χ3n) is 4.55. The van der Waals surface area contributed by atoms with Crippen molar-refractivity contribution >= 4 is 15.7 Å². The van der Waals surface area contributed by atoms with Gasteiger partial charge in [-0.2, -0.15) is 0 Å². The van der Waals surface area contributed by atoms with Crippen LogP contribution in [-0.4, -0.2) is 43.5 Å². The minimum absolute atomic E-state index is 0.0212. The maximum Gasteiger partial charge on any atom is 0.253 e. The van der Waals surface area contributed by atoms with E-state index in [1.54, 1.807) is 7.11 Å². The Labute approximate surface area is 147 Å². The number of aryl methyl sites for hydroxylation is 1. The van der Waals surface area contributed by atoms with Gasteiger partial charge < -0.3 is 14.6 Å². The van der Waals surface area contributed by atoms with Crippen molar-refractivity contribution in [2.75, 3.05) is 18.6 Å². The molecule has 1 aliphatic heterocycles. The summed E-state index contributed by atoms with van der Waals surface area (Å²) in [6.07, 6.45) is 0.475. The van der Waals surface area contributed by atoms with Crippen LogP contribution in [0.1, 0.15) is 28.2 Å². The van der Waals surface area contributed by atoms with Crippen molar-refractivity contribution in [3.63, 3.8) is 0 Å².